The summed E-state index contributed by atoms with van der Waals surface area (Å²) in [6.45, 7) is -1.06. The zero-order chi connectivity index (χ0) is 10.3. The van der Waals surface area contributed by atoms with E-state index in [2.05, 4.69) is 0 Å². The van der Waals surface area contributed by atoms with Gasteiger partial charge in [-0.2, -0.15) is 0 Å². The van der Waals surface area contributed by atoms with Gasteiger partial charge in [0.1, 0.15) is 6.10 Å². The van der Waals surface area contributed by atoms with Crippen molar-refractivity contribution in [1.29, 1.82) is 0 Å². The highest BCUT2D eigenvalue weighted by Crippen LogP contribution is 1.98. The number of ether oxygens (including phenoxy) is 1. The van der Waals surface area contributed by atoms with Gasteiger partial charge in [-0.1, -0.05) is 0 Å². The van der Waals surface area contributed by atoms with E-state index in [4.69, 9.17) is 25.2 Å². The number of carboxylic acids is 1. The summed E-state index contributed by atoms with van der Waals surface area (Å²) in [5.74, 6) is -1.09. The number of hydrogen-bond donors (Lipinski definition) is 4. The largest absolute Gasteiger partial charge is 0.481 e. The number of rotatable bonds is 7. The van der Waals surface area contributed by atoms with E-state index in [9.17, 15) is 4.79 Å². The normalized spacial score (nSPS) is 15.3. The molecule has 0 spiro atoms. The predicted octanol–water partition coefficient (Wildman–Crippen LogP) is -1.81. The van der Waals surface area contributed by atoms with Gasteiger partial charge in [-0.15, -0.1) is 0 Å². The second-order valence-electron chi connectivity index (χ2n) is 2.57. The molecule has 6 heteroatoms. The zero-order valence-electron chi connectivity index (χ0n) is 7.09. The maximum absolute atomic E-state index is 10.2. The summed E-state index contributed by atoms with van der Waals surface area (Å²) in [6.07, 6.45) is -2.20. The van der Waals surface area contributed by atoms with Gasteiger partial charge in [-0.25, -0.2) is 0 Å². The fourth-order valence-corrected chi connectivity index (χ4v) is 0.671. The van der Waals surface area contributed by atoms with E-state index >= 15 is 0 Å². The van der Waals surface area contributed by atoms with E-state index in [1.54, 1.807) is 0 Å². The number of aliphatic hydroxyl groups excluding tert-OH is 3. The van der Waals surface area contributed by atoms with Gasteiger partial charge in [0.15, 0.2) is 0 Å². The summed E-state index contributed by atoms with van der Waals surface area (Å²) >= 11 is 0. The number of aliphatic carboxylic acids is 1. The third-order valence-electron chi connectivity index (χ3n) is 1.34. The second kappa shape index (κ2) is 6.79. The van der Waals surface area contributed by atoms with Crippen LogP contribution in [0.3, 0.4) is 0 Å². The molecule has 0 aliphatic heterocycles. The Morgan fingerprint density at radius 3 is 2.31 bits per heavy atom. The first-order chi connectivity index (χ1) is 6.10. The smallest absolute Gasteiger partial charge is 0.306 e. The van der Waals surface area contributed by atoms with Crippen LogP contribution in [0, 0.1) is 0 Å². The Morgan fingerprint density at radius 2 is 1.92 bits per heavy atom. The van der Waals surface area contributed by atoms with E-state index in [1.165, 1.54) is 0 Å². The molecule has 0 saturated carbocycles. The van der Waals surface area contributed by atoms with Crippen molar-refractivity contribution in [1.82, 2.24) is 0 Å². The Kier molecular flexibility index (Phi) is 6.43. The number of aliphatic hydroxyl groups is 3. The Bertz CT molecular complexity index is 148. The average Bonchev–Trinajstić information content (AvgIpc) is 2.10. The van der Waals surface area contributed by atoms with Crippen molar-refractivity contribution < 1.29 is 30.0 Å². The molecule has 0 saturated heterocycles. The molecule has 0 aromatic heterocycles. The molecule has 0 aromatic carbocycles. The molecule has 4 N–H and O–H groups in total. The summed E-state index contributed by atoms with van der Waals surface area (Å²) < 4.78 is 4.81. The lowest BCUT2D eigenvalue weighted by Crippen LogP contribution is -2.28. The van der Waals surface area contributed by atoms with Gasteiger partial charge in [0.2, 0.25) is 0 Å². The van der Waals surface area contributed by atoms with Crippen LogP contribution in [0.25, 0.3) is 0 Å². The molecule has 0 bridgehead atoms. The van der Waals surface area contributed by atoms with Gasteiger partial charge < -0.3 is 25.2 Å². The highest BCUT2D eigenvalue weighted by atomic mass is 16.5. The molecule has 2 atom stereocenters. The minimum Gasteiger partial charge on any atom is -0.481 e. The maximum Gasteiger partial charge on any atom is 0.306 e. The van der Waals surface area contributed by atoms with Crippen LogP contribution < -0.4 is 0 Å². The summed E-state index contributed by atoms with van der Waals surface area (Å²) in [5.41, 5.74) is 0. The molecule has 0 aromatic rings. The third kappa shape index (κ3) is 6.47. The van der Waals surface area contributed by atoms with Gasteiger partial charge in [-0.3, -0.25) is 4.79 Å². The minimum absolute atomic E-state index is 0.186. The van der Waals surface area contributed by atoms with E-state index in [0.29, 0.717) is 0 Å². The van der Waals surface area contributed by atoms with Crippen LogP contribution in [0.15, 0.2) is 0 Å². The predicted molar refractivity (Wildman–Crippen MR) is 42.2 cm³/mol. The molecule has 13 heavy (non-hydrogen) atoms. The van der Waals surface area contributed by atoms with Gasteiger partial charge in [-0.05, 0) is 0 Å². The van der Waals surface area contributed by atoms with Gasteiger partial charge >= 0.3 is 5.97 Å². The Labute approximate surface area is 75.4 Å². The van der Waals surface area contributed by atoms with Crippen molar-refractivity contribution in [2.24, 2.45) is 0 Å². The van der Waals surface area contributed by atoms with Crippen LogP contribution in [0.4, 0.5) is 0 Å². The van der Waals surface area contributed by atoms with E-state index in [0.717, 1.165) is 0 Å². The zero-order valence-corrected chi connectivity index (χ0v) is 7.09. The Balaban J connectivity index is 3.65. The lowest BCUT2D eigenvalue weighted by molar-refractivity contribution is -0.142. The lowest BCUT2D eigenvalue weighted by Gasteiger charge is -2.15. The van der Waals surface area contributed by atoms with Crippen molar-refractivity contribution in [2.75, 3.05) is 19.8 Å². The molecule has 0 aliphatic carbocycles. The fraction of sp³-hybridized carbons (Fsp3) is 0.857. The van der Waals surface area contributed by atoms with Gasteiger partial charge in [0.05, 0.1) is 32.3 Å². The molecule has 2 unspecified atom stereocenters. The minimum atomic E-state index is -1.09. The third-order valence-corrected chi connectivity index (χ3v) is 1.34. The van der Waals surface area contributed by atoms with Crippen molar-refractivity contribution in [3.63, 3.8) is 0 Å². The quantitative estimate of drug-likeness (QED) is 0.380. The van der Waals surface area contributed by atoms with E-state index < -0.39 is 31.4 Å². The van der Waals surface area contributed by atoms with Crippen molar-refractivity contribution >= 4 is 5.97 Å². The average molecular weight is 194 g/mol. The van der Waals surface area contributed by atoms with Crippen LogP contribution in [0.1, 0.15) is 6.42 Å². The summed E-state index contributed by atoms with van der Waals surface area (Å²) in [5, 5.41) is 34.2. The molecule has 78 valence electrons. The molecule has 0 aliphatic rings. The maximum atomic E-state index is 10.2. The molecule has 0 heterocycles. The molecule has 0 rings (SSSR count). The molecule has 0 fully saturated rings. The van der Waals surface area contributed by atoms with Gasteiger partial charge in [0.25, 0.3) is 0 Å². The lowest BCUT2D eigenvalue weighted by atomic mass is 10.2. The van der Waals surface area contributed by atoms with Crippen molar-refractivity contribution in [3.8, 4) is 0 Å². The van der Waals surface area contributed by atoms with E-state index in [1.807, 2.05) is 0 Å². The van der Waals surface area contributed by atoms with Crippen LogP contribution in [-0.2, 0) is 9.53 Å². The number of hydrogen-bond acceptors (Lipinski definition) is 5. The first kappa shape index (κ1) is 12.3. The van der Waals surface area contributed by atoms with Crippen LogP contribution >= 0.6 is 0 Å². The first-order valence-electron chi connectivity index (χ1n) is 3.83. The van der Waals surface area contributed by atoms with Crippen molar-refractivity contribution in [3.05, 3.63) is 0 Å². The highest BCUT2D eigenvalue weighted by molar-refractivity contribution is 5.67. The topological polar surface area (TPSA) is 107 Å². The molecular weight excluding hydrogens is 180 g/mol. The van der Waals surface area contributed by atoms with E-state index in [-0.39, 0.29) is 13.0 Å². The van der Waals surface area contributed by atoms with Gasteiger partial charge in [0, 0.05) is 0 Å². The molecule has 6 nitrogen and oxygen atoms in total. The second-order valence-corrected chi connectivity index (χ2v) is 2.57. The Hall–Kier alpha value is -0.690. The van der Waals surface area contributed by atoms with Crippen LogP contribution in [0.5, 0.6) is 0 Å². The Morgan fingerprint density at radius 1 is 1.31 bits per heavy atom. The molecular formula is C7H14O6. The number of carboxylic acid groups (broad SMARTS) is 1. The fourth-order valence-electron chi connectivity index (χ4n) is 0.671. The van der Waals surface area contributed by atoms with Crippen LogP contribution in [0.2, 0.25) is 0 Å². The standard InChI is InChI=1S/C7H14O6/c8-2-5(10)4-13-6(3-9)1-7(11)12/h5-6,8-10H,1-4H2,(H,11,12). The summed E-state index contributed by atoms with van der Waals surface area (Å²) in [7, 11) is 0. The number of carbonyl (C=O) groups is 1. The summed E-state index contributed by atoms with van der Waals surface area (Å²) in [6, 6.07) is 0. The molecule has 0 radical (unpaired) electrons. The molecule has 0 amide bonds. The van der Waals surface area contributed by atoms with Crippen molar-refractivity contribution in [2.45, 2.75) is 18.6 Å². The monoisotopic (exact) mass is 194 g/mol. The first-order valence-corrected chi connectivity index (χ1v) is 3.83. The SMILES string of the molecule is O=C(O)CC(CO)OCC(O)CO. The highest BCUT2D eigenvalue weighted by Gasteiger charge is 2.14. The summed E-state index contributed by atoms with van der Waals surface area (Å²) in [4.78, 5) is 10.2. The van der Waals surface area contributed by atoms with Crippen LogP contribution in [-0.4, -0.2) is 58.4 Å².